The van der Waals surface area contributed by atoms with Crippen LogP contribution in [0.4, 0.5) is 0 Å². The van der Waals surface area contributed by atoms with Crippen LogP contribution < -0.4 is 10.6 Å². The Labute approximate surface area is 118 Å². The predicted molar refractivity (Wildman–Crippen MR) is 78.4 cm³/mol. The van der Waals surface area contributed by atoms with E-state index in [1.807, 2.05) is 0 Å². The third-order valence-electron chi connectivity index (χ3n) is 4.54. The maximum absolute atomic E-state index is 12.4. The monoisotopic (exact) mass is 278 g/mol. The van der Waals surface area contributed by atoms with Crippen molar-refractivity contribution in [2.24, 2.45) is 5.92 Å². The van der Waals surface area contributed by atoms with Crippen molar-refractivity contribution in [1.82, 2.24) is 10.6 Å². The van der Waals surface area contributed by atoms with Crippen molar-refractivity contribution in [3.63, 3.8) is 0 Å². The molecule has 1 amide bonds. The molecule has 104 valence electrons. The van der Waals surface area contributed by atoms with E-state index in [0.717, 1.165) is 12.8 Å². The van der Waals surface area contributed by atoms with Gasteiger partial charge >= 0.3 is 0 Å². The van der Waals surface area contributed by atoms with E-state index in [1.165, 1.54) is 21.7 Å². The van der Waals surface area contributed by atoms with Crippen molar-refractivity contribution in [3.8, 4) is 0 Å². The fraction of sp³-hybridized carbons (Fsp3) is 0.667. The van der Waals surface area contributed by atoms with Gasteiger partial charge in [-0.05, 0) is 51.7 Å². The van der Waals surface area contributed by atoms with Crippen LogP contribution in [-0.2, 0) is 4.79 Å². The molecule has 3 rings (SSSR count). The first-order valence-corrected chi connectivity index (χ1v) is 7.99. The molecule has 4 heteroatoms. The number of amides is 1. The van der Waals surface area contributed by atoms with Crippen molar-refractivity contribution in [3.05, 3.63) is 21.4 Å². The lowest BCUT2D eigenvalue weighted by Gasteiger charge is -2.22. The summed E-state index contributed by atoms with van der Waals surface area (Å²) in [6.45, 7) is 6.34. The van der Waals surface area contributed by atoms with E-state index >= 15 is 0 Å². The third kappa shape index (κ3) is 2.43. The second-order valence-electron chi connectivity index (χ2n) is 5.99. The molecule has 0 aliphatic carbocycles. The van der Waals surface area contributed by atoms with Gasteiger partial charge in [0.05, 0.1) is 12.0 Å². The normalized spacial score (nSPS) is 30.6. The number of nitrogens with one attached hydrogen (secondary N) is 2. The van der Waals surface area contributed by atoms with Crippen LogP contribution in [0, 0.1) is 19.8 Å². The van der Waals surface area contributed by atoms with Crippen LogP contribution in [0.5, 0.6) is 0 Å². The molecular formula is C15H22N2OS. The van der Waals surface area contributed by atoms with Crippen LogP contribution in [0.2, 0.25) is 0 Å². The van der Waals surface area contributed by atoms with E-state index < -0.39 is 0 Å². The minimum absolute atomic E-state index is 0.122. The summed E-state index contributed by atoms with van der Waals surface area (Å²) in [6, 6.07) is 3.32. The highest BCUT2D eigenvalue weighted by molar-refractivity contribution is 7.12. The van der Waals surface area contributed by atoms with E-state index in [9.17, 15) is 4.79 Å². The van der Waals surface area contributed by atoms with E-state index in [1.54, 1.807) is 11.3 Å². The number of thiophene rings is 1. The van der Waals surface area contributed by atoms with Gasteiger partial charge < -0.3 is 10.6 Å². The number of hydrogen-bond donors (Lipinski definition) is 2. The topological polar surface area (TPSA) is 41.1 Å². The molecule has 0 saturated carbocycles. The van der Waals surface area contributed by atoms with Crippen LogP contribution in [0.25, 0.3) is 0 Å². The first kappa shape index (κ1) is 13.1. The van der Waals surface area contributed by atoms with Crippen molar-refractivity contribution in [1.29, 1.82) is 0 Å². The second-order valence-corrected chi connectivity index (χ2v) is 7.45. The molecule has 3 heterocycles. The summed E-state index contributed by atoms with van der Waals surface area (Å²) in [5.41, 5.74) is 1.27. The summed E-state index contributed by atoms with van der Waals surface area (Å²) >= 11 is 1.81. The van der Waals surface area contributed by atoms with E-state index in [4.69, 9.17) is 0 Å². The Morgan fingerprint density at radius 3 is 2.79 bits per heavy atom. The van der Waals surface area contributed by atoms with Crippen LogP contribution in [0.15, 0.2) is 6.07 Å². The number of hydrogen-bond acceptors (Lipinski definition) is 3. The third-order valence-corrected chi connectivity index (χ3v) is 5.52. The average molecular weight is 278 g/mol. The lowest BCUT2D eigenvalue weighted by molar-refractivity contribution is -0.126. The minimum atomic E-state index is 0.122. The molecule has 0 radical (unpaired) electrons. The van der Waals surface area contributed by atoms with Crippen LogP contribution in [0.3, 0.4) is 0 Å². The van der Waals surface area contributed by atoms with Gasteiger partial charge in [-0.15, -0.1) is 11.3 Å². The molecule has 2 aliphatic rings. The van der Waals surface area contributed by atoms with Gasteiger partial charge in [-0.2, -0.15) is 0 Å². The number of rotatable bonds is 3. The maximum atomic E-state index is 12.4. The summed E-state index contributed by atoms with van der Waals surface area (Å²) in [4.78, 5) is 15.0. The summed E-state index contributed by atoms with van der Waals surface area (Å²) < 4.78 is 0. The lowest BCUT2D eigenvalue weighted by atomic mass is 9.88. The molecule has 2 bridgehead atoms. The zero-order valence-corrected chi connectivity index (χ0v) is 12.6. The Morgan fingerprint density at radius 2 is 2.26 bits per heavy atom. The average Bonchev–Trinajstić information content (AvgIpc) is 3.03. The quantitative estimate of drug-likeness (QED) is 0.892. The SMILES string of the molecule is Cc1cc(C(C)NC(=O)C2CC3CCC2N3)c(C)s1. The Balaban J connectivity index is 1.65. The van der Waals surface area contributed by atoms with Crippen molar-refractivity contribution in [2.75, 3.05) is 0 Å². The lowest BCUT2D eigenvalue weighted by Crippen LogP contribution is -2.38. The number of carbonyl (C=O) groups excluding carboxylic acids is 1. The molecule has 4 atom stereocenters. The molecule has 1 aromatic heterocycles. The first-order valence-electron chi connectivity index (χ1n) is 7.18. The number of carbonyl (C=O) groups is 1. The first-order chi connectivity index (χ1) is 9.04. The van der Waals surface area contributed by atoms with E-state index in [2.05, 4.69) is 37.5 Å². The Hall–Kier alpha value is -0.870. The Bertz CT molecular complexity index is 496. The van der Waals surface area contributed by atoms with E-state index in [0.29, 0.717) is 12.1 Å². The Morgan fingerprint density at radius 1 is 1.47 bits per heavy atom. The smallest absolute Gasteiger partial charge is 0.225 e. The molecule has 2 aliphatic heterocycles. The maximum Gasteiger partial charge on any atom is 0.225 e. The highest BCUT2D eigenvalue weighted by Crippen LogP contribution is 2.34. The van der Waals surface area contributed by atoms with Gasteiger partial charge in [-0.1, -0.05) is 0 Å². The molecule has 2 fully saturated rings. The minimum Gasteiger partial charge on any atom is -0.349 e. The van der Waals surface area contributed by atoms with Crippen molar-refractivity contribution >= 4 is 17.2 Å². The van der Waals surface area contributed by atoms with Gasteiger partial charge in [0.25, 0.3) is 0 Å². The second kappa shape index (κ2) is 4.91. The van der Waals surface area contributed by atoms with Gasteiger partial charge in [0.2, 0.25) is 5.91 Å². The summed E-state index contributed by atoms with van der Waals surface area (Å²) in [7, 11) is 0. The Kier molecular flexibility index (Phi) is 3.39. The summed E-state index contributed by atoms with van der Waals surface area (Å²) in [5.74, 6) is 0.414. The predicted octanol–water partition coefficient (Wildman–Crippen LogP) is 2.68. The van der Waals surface area contributed by atoms with Crippen LogP contribution in [-0.4, -0.2) is 18.0 Å². The summed E-state index contributed by atoms with van der Waals surface area (Å²) in [5, 5.41) is 6.73. The number of fused-ring (bicyclic) bond motifs is 2. The molecule has 0 aromatic carbocycles. The van der Waals surface area contributed by atoms with Gasteiger partial charge in [0.1, 0.15) is 0 Å². The van der Waals surface area contributed by atoms with Gasteiger partial charge in [-0.25, -0.2) is 0 Å². The highest BCUT2D eigenvalue weighted by atomic mass is 32.1. The molecule has 0 spiro atoms. The standard InChI is InChI=1S/C15H22N2OS/c1-8-6-12(10(3)19-8)9(2)16-15(18)13-7-11-4-5-14(13)17-11/h6,9,11,13-14,17H,4-5,7H2,1-3H3,(H,16,18). The molecular weight excluding hydrogens is 256 g/mol. The zero-order chi connectivity index (χ0) is 13.6. The van der Waals surface area contributed by atoms with Crippen molar-refractivity contribution < 1.29 is 4.79 Å². The largest absolute Gasteiger partial charge is 0.349 e. The zero-order valence-electron chi connectivity index (χ0n) is 11.8. The van der Waals surface area contributed by atoms with Gasteiger partial charge in [0.15, 0.2) is 0 Å². The molecule has 1 aromatic rings. The summed E-state index contributed by atoms with van der Waals surface area (Å²) in [6.07, 6.45) is 3.42. The molecule has 3 nitrogen and oxygen atoms in total. The molecule has 19 heavy (non-hydrogen) atoms. The van der Waals surface area contributed by atoms with Crippen LogP contribution >= 0.6 is 11.3 Å². The van der Waals surface area contributed by atoms with Crippen LogP contribution in [0.1, 0.15) is 47.5 Å². The number of aryl methyl sites for hydroxylation is 2. The molecule has 2 saturated heterocycles. The molecule has 2 N–H and O–H groups in total. The molecule has 4 unspecified atom stereocenters. The van der Waals surface area contributed by atoms with Gasteiger partial charge in [0, 0.05) is 21.8 Å². The fourth-order valence-electron chi connectivity index (χ4n) is 3.59. The fourth-order valence-corrected chi connectivity index (χ4v) is 4.61. The highest BCUT2D eigenvalue weighted by Gasteiger charge is 2.42. The van der Waals surface area contributed by atoms with Crippen molar-refractivity contribution in [2.45, 2.75) is 58.2 Å². The van der Waals surface area contributed by atoms with Gasteiger partial charge in [-0.3, -0.25) is 4.79 Å². The van der Waals surface area contributed by atoms with E-state index in [-0.39, 0.29) is 17.9 Å².